The lowest BCUT2D eigenvalue weighted by molar-refractivity contribution is 0.199. The Hall–Kier alpha value is -2.59. The van der Waals surface area contributed by atoms with E-state index >= 15 is 0 Å². The molecule has 0 aliphatic heterocycles. The Labute approximate surface area is 157 Å². The van der Waals surface area contributed by atoms with Gasteiger partial charge in [0.05, 0.1) is 17.9 Å². The summed E-state index contributed by atoms with van der Waals surface area (Å²) in [4.78, 5) is 16.4. The Bertz CT molecular complexity index is 1030. The normalized spacial score (nSPS) is 11.9. The maximum absolute atomic E-state index is 12.4. The van der Waals surface area contributed by atoms with Crippen molar-refractivity contribution in [3.05, 3.63) is 36.0 Å². The summed E-state index contributed by atoms with van der Waals surface area (Å²) in [5, 5.41) is -0.148. The number of sulfone groups is 1. The number of pyridine rings is 1. The van der Waals surface area contributed by atoms with E-state index in [1.807, 2.05) is 11.5 Å². The topological polar surface area (TPSA) is 126 Å². The smallest absolute Gasteiger partial charge is 0.246 e. The second kappa shape index (κ2) is 7.97. The van der Waals surface area contributed by atoms with Crippen LogP contribution in [-0.2, 0) is 27.5 Å². The van der Waals surface area contributed by atoms with Gasteiger partial charge in [0.2, 0.25) is 15.0 Å². The fourth-order valence-corrected chi connectivity index (χ4v) is 4.08. The van der Waals surface area contributed by atoms with Crippen LogP contribution in [0.3, 0.4) is 0 Å². The van der Waals surface area contributed by atoms with Gasteiger partial charge in [-0.25, -0.2) is 28.4 Å². The molecule has 2 N–H and O–H groups in total. The molecule has 27 heavy (non-hydrogen) atoms. The van der Waals surface area contributed by atoms with E-state index in [2.05, 4.69) is 19.9 Å². The third kappa shape index (κ3) is 4.06. The number of hydrogen-bond donors (Lipinski definition) is 1. The van der Waals surface area contributed by atoms with Crippen LogP contribution >= 0.6 is 0 Å². The standard InChI is InChI=1S/C17H22N6O3S/c1-12-11-21-16(18)14-15(12)23(13(22-14)5-9-26-2)8-4-10-27(24,25)17-19-6-3-7-20-17/h3,6-7,11H,4-5,8-10H2,1-2H3,(H2,18,21). The monoisotopic (exact) mass is 390 g/mol. The number of anilines is 1. The van der Waals surface area contributed by atoms with Crippen LogP contribution in [0.5, 0.6) is 0 Å². The van der Waals surface area contributed by atoms with Crippen molar-refractivity contribution in [1.29, 1.82) is 0 Å². The molecule has 0 aliphatic rings. The number of nitrogens with zero attached hydrogens (tertiary/aromatic N) is 5. The van der Waals surface area contributed by atoms with Gasteiger partial charge in [-0.3, -0.25) is 0 Å². The molecule has 0 unspecified atom stereocenters. The van der Waals surface area contributed by atoms with Crippen LogP contribution in [-0.4, -0.2) is 52.4 Å². The van der Waals surface area contributed by atoms with E-state index in [4.69, 9.17) is 10.5 Å². The molecule has 9 nitrogen and oxygen atoms in total. The number of imidazole rings is 1. The minimum Gasteiger partial charge on any atom is -0.384 e. The van der Waals surface area contributed by atoms with Gasteiger partial charge < -0.3 is 15.0 Å². The van der Waals surface area contributed by atoms with E-state index in [0.717, 1.165) is 16.9 Å². The molecule has 3 heterocycles. The molecule has 3 aromatic heterocycles. The largest absolute Gasteiger partial charge is 0.384 e. The van der Waals surface area contributed by atoms with Crippen LogP contribution in [0, 0.1) is 6.92 Å². The summed E-state index contributed by atoms with van der Waals surface area (Å²) in [5.41, 5.74) is 8.43. The maximum Gasteiger partial charge on any atom is 0.246 e. The fraction of sp³-hybridized carbons (Fsp3) is 0.412. The average Bonchev–Trinajstić information content (AvgIpc) is 3.03. The zero-order chi connectivity index (χ0) is 19.4. The SMILES string of the molecule is COCCc1nc2c(N)ncc(C)c2n1CCCS(=O)(=O)c1ncccn1. The van der Waals surface area contributed by atoms with Gasteiger partial charge in [0.25, 0.3) is 0 Å². The minimum atomic E-state index is -3.53. The molecule has 0 saturated heterocycles. The first-order chi connectivity index (χ1) is 12.9. The van der Waals surface area contributed by atoms with Gasteiger partial charge >= 0.3 is 0 Å². The summed E-state index contributed by atoms with van der Waals surface area (Å²) in [6.07, 6.45) is 5.54. The third-order valence-corrected chi connectivity index (χ3v) is 5.80. The van der Waals surface area contributed by atoms with Gasteiger partial charge in [0, 0.05) is 38.7 Å². The van der Waals surface area contributed by atoms with Crippen LogP contribution in [0.2, 0.25) is 0 Å². The molecule has 144 valence electrons. The number of aromatic nitrogens is 5. The van der Waals surface area contributed by atoms with Crippen molar-refractivity contribution in [2.24, 2.45) is 0 Å². The fourth-order valence-electron chi connectivity index (χ4n) is 2.94. The molecule has 10 heteroatoms. The number of methoxy groups -OCH3 is 1. The predicted octanol–water partition coefficient (Wildman–Crippen LogP) is 1.16. The van der Waals surface area contributed by atoms with Gasteiger partial charge in [-0.05, 0) is 25.0 Å². The number of aryl methyl sites for hydroxylation is 2. The highest BCUT2D eigenvalue weighted by atomic mass is 32.2. The molecule has 0 aromatic carbocycles. The second-order valence-electron chi connectivity index (χ2n) is 6.15. The molecular weight excluding hydrogens is 368 g/mol. The molecule has 0 amide bonds. The predicted molar refractivity (Wildman–Crippen MR) is 101 cm³/mol. The number of hydrogen-bond acceptors (Lipinski definition) is 8. The minimum absolute atomic E-state index is 0.0555. The van der Waals surface area contributed by atoms with Crippen LogP contribution in [0.4, 0.5) is 5.82 Å². The summed E-state index contributed by atoms with van der Waals surface area (Å²) < 4.78 is 32.0. The number of nitrogens with two attached hydrogens (primary N) is 1. The van der Waals surface area contributed by atoms with E-state index in [0.29, 0.717) is 37.3 Å². The van der Waals surface area contributed by atoms with Crippen LogP contribution < -0.4 is 5.73 Å². The van der Waals surface area contributed by atoms with E-state index in [-0.39, 0.29) is 10.9 Å². The first kappa shape index (κ1) is 19.2. The van der Waals surface area contributed by atoms with E-state index in [1.54, 1.807) is 19.4 Å². The van der Waals surface area contributed by atoms with Gasteiger partial charge in [0.15, 0.2) is 5.82 Å². The van der Waals surface area contributed by atoms with Gasteiger partial charge in [-0.15, -0.1) is 0 Å². The zero-order valence-corrected chi connectivity index (χ0v) is 16.1. The quantitative estimate of drug-likeness (QED) is 0.568. The molecule has 0 spiro atoms. The third-order valence-electron chi connectivity index (χ3n) is 4.20. The molecule has 0 radical (unpaired) electrons. The van der Waals surface area contributed by atoms with Crippen molar-refractivity contribution in [2.45, 2.75) is 31.5 Å². The molecule has 0 bridgehead atoms. The first-order valence-corrected chi connectivity index (χ1v) is 10.2. The Morgan fingerprint density at radius 1 is 1.22 bits per heavy atom. The number of nitrogen functional groups attached to an aromatic ring is 1. The Kier molecular flexibility index (Phi) is 5.66. The van der Waals surface area contributed by atoms with Gasteiger partial charge in [-0.2, -0.15) is 0 Å². The number of ether oxygens (including phenoxy) is 1. The first-order valence-electron chi connectivity index (χ1n) is 8.53. The maximum atomic E-state index is 12.4. The van der Waals surface area contributed by atoms with Crippen LogP contribution in [0.1, 0.15) is 17.8 Å². The molecule has 0 atom stereocenters. The lowest BCUT2D eigenvalue weighted by atomic mass is 10.2. The average molecular weight is 390 g/mol. The summed E-state index contributed by atoms with van der Waals surface area (Å²) in [6, 6.07) is 1.58. The second-order valence-corrected chi connectivity index (χ2v) is 8.15. The van der Waals surface area contributed by atoms with Gasteiger partial charge in [0.1, 0.15) is 11.3 Å². The molecule has 3 aromatic rings. The van der Waals surface area contributed by atoms with Crippen LogP contribution in [0.15, 0.2) is 29.8 Å². The van der Waals surface area contributed by atoms with E-state index in [9.17, 15) is 8.42 Å². The summed E-state index contributed by atoms with van der Waals surface area (Å²) in [5.74, 6) is 1.10. The lowest BCUT2D eigenvalue weighted by Crippen LogP contribution is -2.14. The van der Waals surface area contributed by atoms with Crippen molar-refractivity contribution >= 4 is 26.7 Å². The summed E-state index contributed by atoms with van der Waals surface area (Å²) >= 11 is 0. The van der Waals surface area contributed by atoms with Crippen molar-refractivity contribution in [3.8, 4) is 0 Å². The molecule has 0 aliphatic carbocycles. The van der Waals surface area contributed by atoms with Crippen LogP contribution in [0.25, 0.3) is 11.0 Å². The number of fused-ring (bicyclic) bond motifs is 1. The highest BCUT2D eigenvalue weighted by molar-refractivity contribution is 7.91. The van der Waals surface area contributed by atoms with Crippen molar-refractivity contribution in [1.82, 2.24) is 24.5 Å². The molecular formula is C17H22N6O3S. The van der Waals surface area contributed by atoms with Crippen molar-refractivity contribution in [3.63, 3.8) is 0 Å². The van der Waals surface area contributed by atoms with Gasteiger partial charge in [-0.1, -0.05) is 0 Å². The Morgan fingerprint density at radius 3 is 2.67 bits per heavy atom. The molecule has 3 rings (SSSR count). The van der Waals surface area contributed by atoms with E-state index in [1.165, 1.54) is 12.4 Å². The number of rotatable bonds is 8. The highest BCUT2D eigenvalue weighted by Gasteiger charge is 2.19. The zero-order valence-electron chi connectivity index (χ0n) is 15.3. The lowest BCUT2D eigenvalue weighted by Gasteiger charge is -2.10. The van der Waals surface area contributed by atoms with Crippen molar-refractivity contribution in [2.75, 3.05) is 25.2 Å². The highest BCUT2D eigenvalue weighted by Crippen LogP contribution is 2.24. The Morgan fingerprint density at radius 2 is 1.96 bits per heavy atom. The molecule has 0 saturated carbocycles. The van der Waals surface area contributed by atoms with Crippen molar-refractivity contribution < 1.29 is 13.2 Å². The molecule has 0 fully saturated rings. The summed E-state index contributed by atoms with van der Waals surface area (Å²) in [6.45, 7) is 2.92. The summed E-state index contributed by atoms with van der Waals surface area (Å²) in [7, 11) is -1.91. The van der Waals surface area contributed by atoms with E-state index < -0.39 is 9.84 Å². The Balaban J connectivity index is 1.86.